The molecule has 6 rings (SSSR count). The Morgan fingerprint density at radius 2 is 1.57 bits per heavy atom. The van der Waals surface area contributed by atoms with Crippen LogP contribution in [-0.4, -0.2) is 85.4 Å². The smallest absolute Gasteiger partial charge is 0.323 e. The molecule has 0 unspecified atom stereocenters. The first-order valence-corrected chi connectivity index (χ1v) is 14.8. The molecule has 4 N–H and O–H groups in total. The molecule has 242 valence electrons. The summed E-state index contributed by atoms with van der Waals surface area (Å²) < 4.78 is 28.0. The van der Waals surface area contributed by atoms with E-state index < -0.39 is 18.2 Å². The lowest BCUT2D eigenvalue weighted by molar-refractivity contribution is 0.0373. The van der Waals surface area contributed by atoms with Gasteiger partial charge in [-0.15, -0.1) is 0 Å². The van der Waals surface area contributed by atoms with Gasteiger partial charge in [0.1, 0.15) is 6.10 Å². The van der Waals surface area contributed by atoms with Crippen molar-refractivity contribution in [1.29, 1.82) is 0 Å². The molecule has 0 saturated carbocycles. The van der Waals surface area contributed by atoms with Crippen molar-refractivity contribution in [2.24, 2.45) is 5.92 Å². The molecule has 46 heavy (non-hydrogen) atoms. The van der Waals surface area contributed by atoms with E-state index in [0.29, 0.717) is 34.4 Å². The number of anilines is 3. The molecule has 3 atom stereocenters. The van der Waals surface area contributed by atoms with Crippen molar-refractivity contribution >= 4 is 35.0 Å². The number of benzene rings is 3. The number of likely N-dealkylation sites (N-methyl/N-ethyl adjacent to an activating group) is 1. The Kier molecular flexibility index (Phi) is 8.61. The van der Waals surface area contributed by atoms with E-state index in [9.17, 15) is 19.5 Å². The molecular formula is C32H35N5O9. The topological polar surface area (TPSA) is 160 Å². The minimum atomic E-state index is -0.604. The number of urea groups is 2. The van der Waals surface area contributed by atoms with Crippen molar-refractivity contribution in [2.75, 3.05) is 56.3 Å². The third kappa shape index (κ3) is 6.38. The predicted octanol–water partition coefficient (Wildman–Crippen LogP) is 4.17. The fourth-order valence-electron chi connectivity index (χ4n) is 5.36. The van der Waals surface area contributed by atoms with Gasteiger partial charge in [-0.3, -0.25) is 4.79 Å². The van der Waals surface area contributed by atoms with Crippen LogP contribution < -0.4 is 39.6 Å². The van der Waals surface area contributed by atoms with Gasteiger partial charge >= 0.3 is 12.1 Å². The minimum absolute atomic E-state index is 0.104. The molecule has 3 heterocycles. The maximum absolute atomic E-state index is 13.8. The van der Waals surface area contributed by atoms with E-state index in [2.05, 4.69) is 16.0 Å². The van der Waals surface area contributed by atoms with E-state index in [0.717, 1.165) is 0 Å². The van der Waals surface area contributed by atoms with Gasteiger partial charge < -0.3 is 54.5 Å². The molecule has 3 aromatic carbocycles. The number of nitrogens with one attached hydrogen (secondary N) is 3. The molecule has 0 aromatic heterocycles. The summed E-state index contributed by atoms with van der Waals surface area (Å²) in [5.74, 6) is 1.77. The van der Waals surface area contributed by atoms with Gasteiger partial charge in [0.15, 0.2) is 28.7 Å². The molecule has 14 heteroatoms. The summed E-state index contributed by atoms with van der Waals surface area (Å²) in [7, 11) is 1.64. The van der Waals surface area contributed by atoms with Crippen LogP contribution in [0.15, 0.2) is 54.6 Å². The average Bonchev–Trinajstić information content (AvgIpc) is 3.71. The summed E-state index contributed by atoms with van der Waals surface area (Å²) >= 11 is 0. The number of carbonyl (C=O) groups excluding carboxylic acids is 3. The van der Waals surface area contributed by atoms with Gasteiger partial charge in [0.25, 0.3) is 5.91 Å². The molecule has 3 aliphatic rings. The number of fused-ring (bicyclic) bond motifs is 3. The highest BCUT2D eigenvalue weighted by atomic mass is 16.7. The highest BCUT2D eigenvalue weighted by Gasteiger charge is 2.35. The number of aliphatic hydroxyl groups excluding tert-OH is 1. The van der Waals surface area contributed by atoms with Crippen LogP contribution in [0.1, 0.15) is 24.2 Å². The number of ether oxygens (including phenoxy) is 5. The molecule has 3 aliphatic heterocycles. The minimum Gasteiger partial charge on any atom is -0.485 e. The lowest BCUT2D eigenvalue weighted by Crippen LogP contribution is -2.50. The maximum atomic E-state index is 13.8. The SMILES string of the molecule is C[C@@H]1CN([C@@H](C)CO)C(=O)c2cccc(NC(=O)Nc3ccc4c(c3)OCO4)c2O[C@@H]1CN(C)C(=O)Nc1ccc2c(c1)OCO2. The summed E-state index contributed by atoms with van der Waals surface area (Å²) in [6.07, 6.45) is -0.604. The Bertz CT molecular complexity index is 1650. The first-order chi connectivity index (χ1) is 22.2. The summed E-state index contributed by atoms with van der Waals surface area (Å²) in [4.78, 5) is 43.2. The Labute approximate surface area is 265 Å². The Morgan fingerprint density at radius 1 is 0.935 bits per heavy atom. The molecule has 0 aliphatic carbocycles. The van der Waals surface area contributed by atoms with Gasteiger partial charge in [-0.25, -0.2) is 9.59 Å². The molecule has 0 spiro atoms. The maximum Gasteiger partial charge on any atom is 0.323 e. The Hall–Kier alpha value is -5.37. The summed E-state index contributed by atoms with van der Waals surface area (Å²) in [6, 6.07) is 13.6. The number of rotatable bonds is 7. The average molecular weight is 634 g/mol. The van der Waals surface area contributed by atoms with Crippen molar-refractivity contribution < 1.29 is 43.2 Å². The highest BCUT2D eigenvalue weighted by molar-refractivity contribution is 6.04. The van der Waals surface area contributed by atoms with Crippen LogP contribution in [0.4, 0.5) is 26.7 Å². The molecule has 3 aromatic rings. The molecule has 0 radical (unpaired) electrons. The third-order valence-corrected chi connectivity index (χ3v) is 7.99. The number of hydrogen-bond donors (Lipinski definition) is 4. The Morgan fingerprint density at radius 3 is 2.22 bits per heavy atom. The van der Waals surface area contributed by atoms with Gasteiger partial charge in [0, 0.05) is 43.0 Å². The summed E-state index contributed by atoms with van der Waals surface area (Å²) in [5.41, 5.74) is 1.48. The van der Waals surface area contributed by atoms with E-state index in [1.165, 1.54) is 4.90 Å². The fourth-order valence-corrected chi connectivity index (χ4v) is 5.36. The number of carbonyl (C=O) groups is 3. The van der Waals surface area contributed by atoms with Gasteiger partial charge in [-0.05, 0) is 43.3 Å². The highest BCUT2D eigenvalue weighted by Crippen LogP contribution is 2.37. The van der Waals surface area contributed by atoms with Crippen LogP contribution >= 0.6 is 0 Å². The standard InChI is InChI=1S/C32H35N5O9/c1-18-13-37(19(2)15-38)30(39)22-5-4-6-23(35-31(40)33-20-7-9-24-26(11-20)44-16-42-24)29(22)46-28(18)14-36(3)32(41)34-21-8-10-25-27(12-21)45-17-43-25/h4-12,18-19,28,38H,13-17H2,1-3H3,(H,34,41)(H2,33,35,40)/t18-,19+,28-/m1/s1. The van der Waals surface area contributed by atoms with Gasteiger partial charge in [-0.1, -0.05) is 13.0 Å². The van der Waals surface area contributed by atoms with E-state index in [1.807, 2.05) is 6.92 Å². The van der Waals surface area contributed by atoms with E-state index in [4.69, 9.17) is 23.7 Å². The largest absolute Gasteiger partial charge is 0.485 e. The van der Waals surface area contributed by atoms with Crippen molar-refractivity contribution in [1.82, 2.24) is 9.80 Å². The van der Waals surface area contributed by atoms with E-state index in [-0.39, 0.29) is 68.1 Å². The number of aliphatic hydroxyl groups is 1. The van der Waals surface area contributed by atoms with E-state index in [1.54, 1.807) is 73.5 Å². The van der Waals surface area contributed by atoms with E-state index >= 15 is 0 Å². The molecule has 14 nitrogen and oxygen atoms in total. The fraction of sp³-hybridized carbons (Fsp3) is 0.344. The van der Waals surface area contributed by atoms with Crippen molar-refractivity contribution in [3.63, 3.8) is 0 Å². The molecular weight excluding hydrogens is 598 g/mol. The van der Waals surface area contributed by atoms with Crippen LogP contribution in [0.5, 0.6) is 28.7 Å². The molecule has 0 saturated heterocycles. The third-order valence-electron chi connectivity index (χ3n) is 7.99. The zero-order chi connectivity index (χ0) is 32.4. The van der Waals surface area contributed by atoms with Crippen LogP contribution in [0.3, 0.4) is 0 Å². The Balaban J connectivity index is 1.23. The first kappa shape index (κ1) is 30.6. The van der Waals surface area contributed by atoms with Crippen molar-refractivity contribution in [3.8, 4) is 28.7 Å². The number of nitrogens with zero attached hydrogens (tertiary/aromatic N) is 2. The monoisotopic (exact) mass is 633 g/mol. The van der Waals surface area contributed by atoms with Crippen LogP contribution in [0.2, 0.25) is 0 Å². The number of hydrogen-bond acceptors (Lipinski definition) is 9. The normalized spacial score (nSPS) is 18.4. The van der Waals surface area contributed by atoms with Gasteiger partial charge in [0.2, 0.25) is 13.6 Å². The number of para-hydroxylation sites is 1. The lowest BCUT2D eigenvalue weighted by Gasteiger charge is -2.38. The first-order valence-electron chi connectivity index (χ1n) is 14.8. The zero-order valence-electron chi connectivity index (χ0n) is 25.6. The lowest BCUT2D eigenvalue weighted by atomic mass is 9.99. The van der Waals surface area contributed by atoms with Crippen molar-refractivity contribution in [2.45, 2.75) is 26.0 Å². The predicted molar refractivity (Wildman–Crippen MR) is 167 cm³/mol. The van der Waals surface area contributed by atoms with Crippen molar-refractivity contribution in [3.05, 3.63) is 60.2 Å². The number of amides is 5. The second-order valence-corrected chi connectivity index (χ2v) is 11.3. The van der Waals surface area contributed by atoms with Gasteiger partial charge in [-0.2, -0.15) is 0 Å². The van der Waals surface area contributed by atoms with Gasteiger partial charge in [0.05, 0.1) is 30.4 Å². The van der Waals surface area contributed by atoms with Crippen LogP contribution in [0.25, 0.3) is 0 Å². The molecule has 0 bridgehead atoms. The quantitative estimate of drug-likeness (QED) is 0.299. The summed E-state index contributed by atoms with van der Waals surface area (Å²) in [5, 5.41) is 18.4. The zero-order valence-corrected chi connectivity index (χ0v) is 25.6. The van der Waals surface area contributed by atoms with Crippen LogP contribution in [0, 0.1) is 5.92 Å². The molecule has 0 fully saturated rings. The molecule has 5 amide bonds. The summed E-state index contributed by atoms with van der Waals surface area (Å²) in [6.45, 7) is 4.06. The van der Waals surface area contributed by atoms with Crippen LogP contribution in [-0.2, 0) is 0 Å². The second-order valence-electron chi connectivity index (χ2n) is 11.3. The second kappa shape index (κ2) is 12.9.